The van der Waals surface area contributed by atoms with Gasteiger partial charge in [-0.3, -0.25) is 18.9 Å². The van der Waals surface area contributed by atoms with Crippen molar-refractivity contribution in [1.82, 2.24) is 9.47 Å². The van der Waals surface area contributed by atoms with Gasteiger partial charge in [0.2, 0.25) is 0 Å². The number of nitrogens with zero attached hydrogens (tertiary/aromatic N) is 2. The molecule has 1 fully saturated rings. The maximum atomic E-state index is 13.1. The molecule has 1 N–H and O–H groups in total. The van der Waals surface area contributed by atoms with Crippen molar-refractivity contribution in [2.24, 2.45) is 0 Å². The van der Waals surface area contributed by atoms with E-state index in [1.165, 1.54) is 12.1 Å². The van der Waals surface area contributed by atoms with Crippen molar-refractivity contribution in [3.63, 3.8) is 0 Å². The highest BCUT2D eigenvalue weighted by Crippen LogP contribution is 2.26. The van der Waals surface area contributed by atoms with Crippen LogP contribution >= 0.6 is 11.3 Å². The molecule has 7 nitrogen and oxygen atoms in total. The number of sulfonamides is 1. The third-order valence-electron chi connectivity index (χ3n) is 5.44. The maximum Gasteiger partial charge on any atom is 0.308 e. The summed E-state index contributed by atoms with van der Waals surface area (Å²) < 4.78 is 31.1. The Morgan fingerprint density at radius 3 is 2.58 bits per heavy atom. The van der Waals surface area contributed by atoms with E-state index < -0.39 is 10.0 Å². The van der Waals surface area contributed by atoms with E-state index in [9.17, 15) is 18.0 Å². The van der Waals surface area contributed by atoms with E-state index in [4.69, 9.17) is 0 Å². The third-order valence-corrected chi connectivity index (χ3v) is 7.75. The van der Waals surface area contributed by atoms with Crippen molar-refractivity contribution in [1.29, 1.82) is 0 Å². The number of aryl methyl sites for hydroxylation is 1. The lowest BCUT2D eigenvalue weighted by Gasteiger charge is -2.27. The summed E-state index contributed by atoms with van der Waals surface area (Å²) in [5.74, 6) is -0.164. The standard InChI is InChI=1S/C22H25N3O4S2/c1-2-12-25-19-11-10-16(15-20(19)30-22(25)27)31(28,29)23-18-9-5-4-8-17(18)21(26)24-13-6-3-7-14-24/h4-5,8-11,15,23H,2-3,6-7,12-14H2,1H3. The van der Waals surface area contributed by atoms with Crippen molar-refractivity contribution in [3.8, 4) is 0 Å². The predicted molar refractivity (Wildman–Crippen MR) is 123 cm³/mol. The lowest BCUT2D eigenvalue weighted by atomic mass is 10.1. The Kier molecular flexibility index (Phi) is 6.15. The second kappa shape index (κ2) is 8.84. The largest absolute Gasteiger partial charge is 0.339 e. The molecule has 31 heavy (non-hydrogen) atoms. The fourth-order valence-electron chi connectivity index (χ4n) is 3.88. The van der Waals surface area contributed by atoms with E-state index >= 15 is 0 Å². The van der Waals surface area contributed by atoms with E-state index in [0.29, 0.717) is 29.9 Å². The molecule has 0 spiro atoms. The number of para-hydroxylation sites is 1. The quantitative estimate of drug-likeness (QED) is 0.606. The second-order valence-corrected chi connectivity index (χ2v) is 10.3. The number of rotatable bonds is 6. The fraction of sp³-hybridized carbons (Fsp3) is 0.364. The van der Waals surface area contributed by atoms with E-state index in [1.807, 2.05) is 6.92 Å². The number of piperidine rings is 1. The molecule has 0 atom stereocenters. The van der Waals surface area contributed by atoms with Crippen LogP contribution in [0.1, 0.15) is 43.0 Å². The Hall–Kier alpha value is -2.65. The highest BCUT2D eigenvalue weighted by molar-refractivity contribution is 7.92. The van der Waals surface area contributed by atoms with Crippen molar-refractivity contribution in [2.75, 3.05) is 17.8 Å². The number of carbonyl (C=O) groups is 1. The van der Waals surface area contributed by atoms with Gasteiger partial charge >= 0.3 is 4.87 Å². The first kappa shape index (κ1) is 21.6. The highest BCUT2D eigenvalue weighted by Gasteiger charge is 2.23. The van der Waals surface area contributed by atoms with Gasteiger partial charge in [0.05, 0.1) is 26.4 Å². The minimum atomic E-state index is -3.93. The normalized spacial score (nSPS) is 14.7. The molecule has 4 rings (SSSR count). The Bertz CT molecular complexity index is 1270. The van der Waals surface area contributed by atoms with Crippen LogP contribution in [-0.2, 0) is 16.6 Å². The summed E-state index contributed by atoms with van der Waals surface area (Å²) >= 11 is 1.04. The second-order valence-electron chi connectivity index (χ2n) is 7.65. The first-order chi connectivity index (χ1) is 14.9. The average molecular weight is 460 g/mol. The van der Waals surface area contributed by atoms with Crippen LogP contribution in [0.2, 0.25) is 0 Å². The van der Waals surface area contributed by atoms with Gasteiger partial charge in [-0.05, 0) is 56.0 Å². The molecule has 0 aliphatic carbocycles. The molecule has 9 heteroatoms. The molecular formula is C22H25N3O4S2. The summed E-state index contributed by atoms with van der Waals surface area (Å²) in [7, 11) is -3.93. The van der Waals surface area contributed by atoms with Crippen LogP contribution in [0.25, 0.3) is 10.2 Å². The number of nitrogens with one attached hydrogen (secondary N) is 1. The molecular weight excluding hydrogens is 434 g/mol. The molecule has 1 saturated heterocycles. The lowest BCUT2D eigenvalue weighted by Crippen LogP contribution is -2.36. The van der Waals surface area contributed by atoms with Crippen LogP contribution in [0.5, 0.6) is 0 Å². The molecule has 3 aromatic rings. The number of fused-ring (bicyclic) bond motifs is 1. The van der Waals surface area contributed by atoms with Crippen LogP contribution in [-0.4, -0.2) is 36.9 Å². The molecule has 0 unspecified atom stereocenters. The van der Waals surface area contributed by atoms with Crippen LogP contribution in [0.4, 0.5) is 5.69 Å². The minimum absolute atomic E-state index is 0.0603. The number of likely N-dealkylation sites (tertiary alicyclic amines) is 1. The van der Waals surface area contributed by atoms with Gasteiger partial charge in [-0.1, -0.05) is 30.4 Å². The van der Waals surface area contributed by atoms with Gasteiger partial charge in [0, 0.05) is 19.6 Å². The molecule has 0 saturated carbocycles. The first-order valence-electron chi connectivity index (χ1n) is 10.5. The van der Waals surface area contributed by atoms with Crippen LogP contribution in [0.3, 0.4) is 0 Å². The maximum absolute atomic E-state index is 13.1. The monoisotopic (exact) mass is 459 g/mol. The van der Waals surface area contributed by atoms with Gasteiger partial charge in [0.25, 0.3) is 15.9 Å². The Morgan fingerprint density at radius 2 is 1.84 bits per heavy atom. The van der Waals surface area contributed by atoms with Crippen molar-refractivity contribution >= 4 is 43.2 Å². The SMILES string of the molecule is CCCn1c(=O)sc2cc(S(=O)(=O)Nc3ccccc3C(=O)N3CCCCC3)ccc21. The lowest BCUT2D eigenvalue weighted by molar-refractivity contribution is 0.0725. The van der Waals surface area contributed by atoms with Crippen molar-refractivity contribution in [2.45, 2.75) is 44.0 Å². The summed E-state index contributed by atoms with van der Waals surface area (Å²) in [5.41, 5.74) is 1.33. The number of carbonyl (C=O) groups excluding carboxylic acids is 1. The number of anilines is 1. The van der Waals surface area contributed by atoms with E-state index in [-0.39, 0.29) is 21.4 Å². The smallest absolute Gasteiger partial charge is 0.308 e. The zero-order valence-corrected chi connectivity index (χ0v) is 19.0. The van der Waals surface area contributed by atoms with Gasteiger partial charge < -0.3 is 4.90 Å². The Balaban J connectivity index is 1.65. The number of thiazole rings is 1. The summed E-state index contributed by atoms with van der Waals surface area (Å²) in [6.45, 7) is 3.95. The first-order valence-corrected chi connectivity index (χ1v) is 12.7. The van der Waals surface area contributed by atoms with Crippen molar-refractivity contribution < 1.29 is 13.2 Å². The summed E-state index contributed by atoms with van der Waals surface area (Å²) in [6.07, 6.45) is 3.84. The van der Waals surface area contributed by atoms with Gasteiger partial charge in [-0.15, -0.1) is 0 Å². The molecule has 0 radical (unpaired) electrons. The number of hydrogen-bond acceptors (Lipinski definition) is 5. The topological polar surface area (TPSA) is 88.5 Å². The van der Waals surface area contributed by atoms with E-state index in [2.05, 4.69) is 4.72 Å². The van der Waals surface area contributed by atoms with Gasteiger partial charge in [0.15, 0.2) is 0 Å². The fourth-order valence-corrected chi connectivity index (χ4v) is 6.02. The average Bonchev–Trinajstić information content (AvgIpc) is 3.09. The molecule has 164 valence electrons. The molecule has 0 bridgehead atoms. The summed E-state index contributed by atoms with van der Waals surface area (Å²) in [6, 6.07) is 11.4. The summed E-state index contributed by atoms with van der Waals surface area (Å²) in [5, 5.41) is 0. The number of benzene rings is 2. The summed E-state index contributed by atoms with van der Waals surface area (Å²) in [4.78, 5) is 26.9. The molecule has 1 aromatic heterocycles. The molecule has 2 aromatic carbocycles. The Morgan fingerprint density at radius 1 is 1.10 bits per heavy atom. The Labute approximate surface area is 185 Å². The van der Waals surface area contributed by atoms with Crippen LogP contribution < -0.4 is 9.60 Å². The molecule has 1 aliphatic heterocycles. The number of hydrogen-bond donors (Lipinski definition) is 1. The zero-order chi connectivity index (χ0) is 22.0. The van der Waals surface area contributed by atoms with Crippen LogP contribution in [0.15, 0.2) is 52.2 Å². The van der Waals surface area contributed by atoms with E-state index in [1.54, 1.807) is 39.8 Å². The number of aromatic nitrogens is 1. The van der Waals surface area contributed by atoms with Crippen molar-refractivity contribution in [3.05, 3.63) is 57.7 Å². The highest BCUT2D eigenvalue weighted by atomic mass is 32.2. The van der Waals surface area contributed by atoms with Crippen LogP contribution in [0, 0.1) is 0 Å². The third kappa shape index (κ3) is 4.38. The molecule has 2 heterocycles. The molecule has 1 amide bonds. The number of amides is 1. The predicted octanol–water partition coefficient (Wildman–Crippen LogP) is 3.90. The van der Waals surface area contributed by atoms with E-state index in [0.717, 1.165) is 42.5 Å². The van der Waals surface area contributed by atoms with Gasteiger partial charge in [-0.25, -0.2) is 8.42 Å². The van der Waals surface area contributed by atoms with Gasteiger partial charge in [-0.2, -0.15) is 0 Å². The van der Waals surface area contributed by atoms with Gasteiger partial charge in [0.1, 0.15) is 0 Å². The zero-order valence-electron chi connectivity index (χ0n) is 17.3. The minimum Gasteiger partial charge on any atom is -0.339 e. The molecule has 1 aliphatic rings.